The fraction of sp³-hybridized carbons (Fsp3) is 0. The van der Waals surface area contributed by atoms with Crippen molar-refractivity contribution in [1.29, 1.82) is 0 Å². The van der Waals surface area contributed by atoms with Gasteiger partial charge in [0.1, 0.15) is 5.58 Å². The van der Waals surface area contributed by atoms with Gasteiger partial charge in [0.05, 0.1) is 6.26 Å². The molecular formula is C46H26O2S. The summed E-state index contributed by atoms with van der Waals surface area (Å²) in [4.78, 5) is 0. The molecule has 0 atom stereocenters. The van der Waals surface area contributed by atoms with Gasteiger partial charge in [0.2, 0.25) is 0 Å². The van der Waals surface area contributed by atoms with E-state index in [1.165, 1.54) is 64.0 Å². The van der Waals surface area contributed by atoms with E-state index in [1.807, 2.05) is 23.7 Å². The van der Waals surface area contributed by atoms with Crippen LogP contribution in [0, 0.1) is 0 Å². The first-order chi connectivity index (χ1) is 24.3. The maximum atomic E-state index is 6.53. The molecular weight excluding hydrogens is 617 g/mol. The maximum Gasteiger partial charge on any atom is 0.178 e. The summed E-state index contributed by atoms with van der Waals surface area (Å²) in [6.07, 6.45) is 1.84. The minimum Gasteiger partial charge on any atom is -0.460 e. The predicted molar refractivity (Wildman–Crippen MR) is 208 cm³/mol. The summed E-state index contributed by atoms with van der Waals surface area (Å²) in [7, 11) is 0. The van der Waals surface area contributed by atoms with Crippen LogP contribution in [0.2, 0.25) is 0 Å². The van der Waals surface area contributed by atoms with Crippen molar-refractivity contribution in [3.8, 4) is 33.4 Å². The van der Waals surface area contributed by atoms with Crippen LogP contribution in [-0.2, 0) is 0 Å². The quantitative estimate of drug-likeness (QED) is 0.179. The van der Waals surface area contributed by atoms with Gasteiger partial charge in [-0.3, -0.25) is 0 Å². The lowest BCUT2D eigenvalue weighted by Crippen LogP contribution is -1.91. The molecule has 11 aromatic rings. The number of hydrogen-bond acceptors (Lipinski definition) is 3. The molecule has 49 heavy (non-hydrogen) atoms. The van der Waals surface area contributed by atoms with Gasteiger partial charge in [0.25, 0.3) is 0 Å². The minimum absolute atomic E-state index is 0.782. The standard InChI is InChI=1S/C46H26O2S/c1-2-11-27(12-3-1)39-26-47-44-35(39)23-22-34-38-25-28(21-24-40(38)48-45(34)44)42-30-14-4-6-16-32(30)43(33-17-7-5-15-31(33)42)37-19-10-18-36-29-13-8-9-20-41(29)49-46(36)37/h1-26H. The lowest BCUT2D eigenvalue weighted by molar-refractivity contribution is 0.600. The van der Waals surface area contributed by atoms with Gasteiger partial charge < -0.3 is 8.83 Å². The first kappa shape index (κ1) is 26.9. The zero-order chi connectivity index (χ0) is 32.1. The van der Waals surface area contributed by atoms with E-state index < -0.39 is 0 Å². The van der Waals surface area contributed by atoms with Crippen LogP contribution in [0.3, 0.4) is 0 Å². The number of hydrogen-bond donors (Lipinski definition) is 0. The summed E-state index contributed by atoms with van der Waals surface area (Å²) < 4.78 is 15.4. The normalized spacial score (nSPS) is 12.1. The van der Waals surface area contributed by atoms with Crippen molar-refractivity contribution >= 4 is 86.0 Å². The highest BCUT2D eigenvalue weighted by atomic mass is 32.1. The number of rotatable bonds is 3. The van der Waals surface area contributed by atoms with Crippen molar-refractivity contribution in [3.05, 3.63) is 158 Å². The van der Waals surface area contributed by atoms with E-state index in [4.69, 9.17) is 8.83 Å². The van der Waals surface area contributed by atoms with Crippen molar-refractivity contribution in [2.75, 3.05) is 0 Å². The summed E-state index contributed by atoms with van der Waals surface area (Å²) in [6, 6.07) is 54.7. The molecule has 0 amide bonds. The van der Waals surface area contributed by atoms with Gasteiger partial charge in [-0.25, -0.2) is 0 Å². The molecule has 3 aromatic heterocycles. The lowest BCUT2D eigenvalue weighted by atomic mass is 9.85. The fourth-order valence-electron chi connectivity index (χ4n) is 8.00. The smallest absolute Gasteiger partial charge is 0.178 e. The van der Waals surface area contributed by atoms with Gasteiger partial charge in [-0.1, -0.05) is 121 Å². The van der Waals surface area contributed by atoms with Crippen molar-refractivity contribution in [3.63, 3.8) is 0 Å². The SMILES string of the molecule is c1ccc(-c2coc3c2ccc2c4cc(-c5c6ccccc6c(-c6cccc7c6sc6ccccc67)c6ccccc56)ccc4oc23)cc1. The predicted octanol–water partition coefficient (Wildman–Crippen LogP) is 14.0. The first-order valence-corrected chi connectivity index (χ1v) is 17.4. The topological polar surface area (TPSA) is 26.3 Å². The van der Waals surface area contributed by atoms with Gasteiger partial charge in [-0.15, -0.1) is 11.3 Å². The molecule has 0 bridgehead atoms. The average Bonchev–Trinajstić information content (AvgIpc) is 3.87. The van der Waals surface area contributed by atoms with Crippen LogP contribution in [0.5, 0.6) is 0 Å². The van der Waals surface area contributed by atoms with Gasteiger partial charge in [0.15, 0.2) is 11.2 Å². The molecule has 0 spiro atoms. The Bertz CT molecular complexity index is 3050. The number of furan rings is 2. The van der Waals surface area contributed by atoms with Crippen molar-refractivity contribution in [1.82, 2.24) is 0 Å². The van der Waals surface area contributed by atoms with E-state index in [9.17, 15) is 0 Å². The van der Waals surface area contributed by atoms with Crippen LogP contribution in [0.25, 0.3) is 108 Å². The van der Waals surface area contributed by atoms with Crippen LogP contribution >= 0.6 is 11.3 Å². The second-order valence-electron chi connectivity index (χ2n) is 12.8. The summed E-state index contributed by atoms with van der Waals surface area (Å²) >= 11 is 1.89. The Morgan fingerprint density at radius 2 is 1.04 bits per heavy atom. The Morgan fingerprint density at radius 3 is 1.82 bits per heavy atom. The van der Waals surface area contributed by atoms with E-state index in [2.05, 4.69) is 146 Å². The van der Waals surface area contributed by atoms with Gasteiger partial charge in [-0.2, -0.15) is 0 Å². The molecule has 0 saturated heterocycles. The van der Waals surface area contributed by atoms with E-state index in [0.717, 1.165) is 44.0 Å². The molecule has 11 rings (SSSR count). The van der Waals surface area contributed by atoms with Crippen LogP contribution < -0.4 is 0 Å². The van der Waals surface area contributed by atoms with Crippen LogP contribution in [-0.4, -0.2) is 0 Å². The highest BCUT2D eigenvalue weighted by molar-refractivity contribution is 7.26. The Kier molecular flexibility index (Phi) is 5.57. The summed E-state index contributed by atoms with van der Waals surface area (Å²) in [6.45, 7) is 0. The molecule has 0 unspecified atom stereocenters. The fourth-order valence-corrected chi connectivity index (χ4v) is 9.22. The van der Waals surface area contributed by atoms with Crippen LogP contribution in [0.15, 0.2) is 167 Å². The van der Waals surface area contributed by atoms with Crippen LogP contribution in [0.1, 0.15) is 0 Å². The van der Waals surface area contributed by atoms with Crippen molar-refractivity contribution in [2.45, 2.75) is 0 Å². The monoisotopic (exact) mass is 642 g/mol. The molecule has 228 valence electrons. The van der Waals surface area contributed by atoms with E-state index in [-0.39, 0.29) is 0 Å². The Morgan fingerprint density at radius 1 is 0.388 bits per heavy atom. The third-order valence-electron chi connectivity index (χ3n) is 10.2. The molecule has 3 heterocycles. The van der Waals surface area contributed by atoms with Gasteiger partial charge in [0, 0.05) is 47.5 Å². The average molecular weight is 643 g/mol. The number of thiophene rings is 1. The van der Waals surface area contributed by atoms with E-state index in [0.29, 0.717) is 0 Å². The summed E-state index contributed by atoms with van der Waals surface area (Å²) in [5, 5.41) is 10.8. The molecule has 0 N–H and O–H groups in total. The van der Waals surface area contributed by atoms with E-state index >= 15 is 0 Å². The molecule has 0 aliphatic heterocycles. The molecule has 8 aromatic carbocycles. The first-order valence-electron chi connectivity index (χ1n) is 16.6. The zero-order valence-corrected chi connectivity index (χ0v) is 27.1. The molecule has 0 aliphatic carbocycles. The highest BCUT2D eigenvalue weighted by Gasteiger charge is 2.21. The van der Waals surface area contributed by atoms with Gasteiger partial charge >= 0.3 is 0 Å². The molecule has 0 aliphatic rings. The largest absolute Gasteiger partial charge is 0.460 e. The maximum absolute atomic E-state index is 6.53. The lowest BCUT2D eigenvalue weighted by Gasteiger charge is -2.18. The third kappa shape index (κ3) is 3.82. The second kappa shape index (κ2) is 10.2. The van der Waals surface area contributed by atoms with Crippen molar-refractivity contribution < 1.29 is 8.83 Å². The van der Waals surface area contributed by atoms with Gasteiger partial charge in [-0.05, 0) is 74.1 Å². The highest BCUT2D eigenvalue weighted by Crippen LogP contribution is 2.48. The van der Waals surface area contributed by atoms with Crippen LogP contribution in [0.4, 0.5) is 0 Å². The molecule has 2 nitrogen and oxygen atoms in total. The summed E-state index contributed by atoms with van der Waals surface area (Å²) in [5.41, 5.74) is 9.60. The van der Waals surface area contributed by atoms with Crippen molar-refractivity contribution in [2.24, 2.45) is 0 Å². The minimum atomic E-state index is 0.782. The number of fused-ring (bicyclic) bond motifs is 10. The Hall–Kier alpha value is -6.16. The zero-order valence-electron chi connectivity index (χ0n) is 26.2. The Balaban J connectivity index is 1.17. The Labute approximate surface area is 285 Å². The molecule has 0 radical (unpaired) electrons. The van der Waals surface area contributed by atoms with E-state index in [1.54, 1.807) is 0 Å². The molecule has 0 saturated carbocycles. The second-order valence-corrected chi connectivity index (χ2v) is 13.8. The molecule has 0 fully saturated rings. The summed E-state index contributed by atoms with van der Waals surface area (Å²) in [5.74, 6) is 0. The number of benzene rings is 8. The third-order valence-corrected chi connectivity index (χ3v) is 11.4. The molecule has 3 heteroatoms.